The first-order valence-corrected chi connectivity index (χ1v) is 2.52. The molecular weight excluding hydrogens is 142 g/mol. The van der Waals surface area contributed by atoms with Gasteiger partial charge in [-0.05, 0) is 0 Å². The highest BCUT2D eigenvalue weighted by Gasteiger charge is 2.12. The Bertz CT molecular complexity index is 171. The molecule has 0 spiro atoms. The molecule has 0 aromatic carbocycles. The smallest absolute Gasteiger partial charge is 0.372 e. The molecule has 0 saturated carbocycles. The first-order chi connectivity index (χ1) is 4.54. The van der Waals surface area contributed by atoms with Gasteiger partial charge in [0.2, 0.25) is 5.78 Å². The lowest BCUT2D eigenvalue weighted by atomic mass is 10.3. The molecule has 0 amide bonds. The Labute approximate surface area is 56.3 Å². The minimum absolute atomic E-state index is 0.425. The molecule has 0 atom stereocenters. The van der Waals surface area contributed by atoms with Crippen molar-refractivity contribution in [2.24, 2.45) is 0 Å². The Hall–Kier alpha value is -1.39. The van der Waals surface area contributed by atoms with Crippen LogP contribution in [0.25, 0.3) is 0 Å². The molecule has 0 heterocycles. The molecule has 0 fully saturated rings. The summed E-state index contributed by atoms with van der Waals surface area (Å²) in [4.78, 5) is 29.7. The third kappa shape index (κ3) is 3.59. The normalized spacial score (nSPS) is 8.80. The van der Waals surface area contributed by atoms with E-state index in [1.807, 2.05) is 0 Å². The fourth-order valence-corrected chi connectivity index (χ4v) is 0.327. The molecule has 56 valence electrons. The Kier molecular flexibility index (Phi) is 3.10. The third-order valence-electron chi connectivity index (χ3n) is 0.804. The van der Waals surface area contributed by atoms with Gasteiger partial charge in [-0.3, -0.25) is 9.59 Å². The molecular formula is C5H6O5. The highest BCUT2D eigenvalue weighted by atomic mass is 16.6. The van der Waals surface area contributed by atoms with E-state index in [-0.39, 0.29) is 0 Å². The van der Waals surface area contributed by atoms with E-state index in [1.165, 1.54) is 0 Å². The summed E-state index contributed by atoms with van der Waals surface area (Å²) in [5.41, 5.74) is 0. The zero-order valence-electron chi connectivity index (χ0n) is 5.03. The molecule has 0 unspecified atom stereocenters. The Morgan fingerprint density at radius 1 is 1.40 bits per heavy atom. The van der Waals surface area contributed by atoms with E-state index in [0.717, 1.165) is 0 Å². The number of hydrogen-bond donors (Lipinski definition) is 2. The predicted molar refractivity (Wildman–Crippen MR) is 29.5 cm³/mol. The minimum atomic E-state index is -1.58. The van der Waals surface area contributed by atoms with Gasteiger partial charge in [0.25, 0.3) is 0 Å². The topological polar surface area (TPSA) is 91.7 Å². The van der Waals surface area contributed by atoms with Gasteiger partial charge in [0.05, 0.1) is 6.42 Å². The van der Waals surface area contributed by atoms with Gasteiger partial charge in [-0.2, -0.15) is 0 Å². The van der Waals surface area contributed by atoms with Crippen molar-refractivity contribution in [3.8, 4) is 0 Å². The number of Topliss-reactive ketones (excluding diaryl/α,β-unsaturated/α-hetero) is 1. The van der Waals surface area contributed by atoms with E-state index in [9.17, 15) is 14.4 Å². The molecule has 2 N–H and O–H groups in total. The molecule has 5 heteroatoms. The first kappa shape index (κ1) is 8.61. The van der Waals surface area contributed by atoms with Crippen LogP contribution in [0.2, 0.25) is 0 Å². The average Bonchev–Trinajstić information content (AvgIpc) is 1.82. The quantitative estimate of drug-likeness (QED) is 0.524. The average molecular weight is 148 g/mol. The van der Waals surface area contributed by atoms with Crippen molar-refractivity contribution < 1.29 is 24.6 Å². The van der Waals surface area contributed by atoms with Crippen LogP contribution in [0.15, 0.2) is 0 Å². The van der Waals surface area contributed by atoms with E-state index in [2.05, 4.69) is 0 Å². The molecule has 0 radical (unpaired) electrons. The van der Waals surface area contributed by atoms with Crippen LogP contribution in [-0.4, -0.2) is 27.9 Å². The van der Waals surface area contributed by atoms with Gasteiger partial charge >= 0.3 is 11.9 Å². The van der Waals surface area contributed by atoms with E-state index >= 15 is 0 Å². The summed E-state index contributed by atoms with van der Waals surface area (Å²) < 4.78 is 0. The van der Waals surface area contributed by atoms with Crippen molar-refractivity contribution in [3.63, 3.8) is 0 Å². The summed E-state index contributed by atoms with van der Waals surface area (Å²) in [6.45, 7) is 0. The second-order valence-corrected chi connectivity index (χ2v) is 1.62. The summed E-state index contributed by atoms with van der Waals surface area (Å²) >= 11 is 0. The lowest BCUT2D eigenvalue weighted by Crippen LogP contribution is -2.13. The fourth-order valence-electron chi connectivity index (χ4n) is 0.327. The van der Waals surface area contributed by atoms with Crippen LogP contribution >= 0.6 is 0 Å². The van der Waals surface area contributed by atoms with E-state index in [1.54, 1.807) is 0 Å². The van der Waals surface area contributed by atoms with Gasteiger partial charge in [0.1, 0.15) is 0 Å². The monoisotopic (exact) mass is 148 g/mol. The number of hydrogen-bond acceptors (Lipinski definition) is 3. The highest BCUT2D eigenvalue weighted by Crippen LogP contribution is 1.89. The summed E-state index contributed by atoms with van der Waals surface area (Å²) in [6.07, 6.45) is -0.865. The van der Waals surface area contributed by atoms with Crippen molar-refractivity contribution in [1.82, 2.24) is 0 Å². The van der Waals surface area contributed by atoms with Crippen LogP contribution in [0.3, 0.4) is 0 Å². The number of aliphatic carboxylic acids is 2. The lowest BCUT2D eigenvalue weighted by Gasteiger charge is -1.88. The van der Waals surface area contributed by atoms with Crippen LogP contribution in [0.1, 0.15) is 12.8 Å². The molecule has 5 nitrogen and oxygen atoms in total. The molecule has 0 aliphatic rings. The van der Waals surface area contributed by atoms with E-state index in [0.29, 0.717) is 0 Å². The number of ketones is 1. The number of carbonyl (C=O) groups excluding carboxylic acids is 1. The van der Waals surface area contributed by atoms with Crippen molar-refractivity contribution in [1.29, 1.82) is 0 Å². The largest absolute Gasteiger partial charge is 0.481 e. The fraction of sp³-hybridized carbons (Fsp3) is 0.400. The second-order valence-electron chi connectivity index (χ2n) is 1.62. The minimum Gasteiger partial charge on any atom is -0.481 e. The van der Waals surface area contributed by atoms with Crippen LogP contribution in [0, 0.1) is 0 Å². The Morgan fingerprint density at radius 2 is 1.90 bits per heavy atom. The van der Waals surface area contributed by atoms with E-state index < -0.39 is 30.6 Å². The number of rotatable bonds is 4. The highest BCUT2D eigenvalue weighted by molar-refractivity contribution is 6.32. The summed E-state index contributed by atoms with van der Waals surface area (Å²) in [5.74, 6) is -3.82. The van der Waals surface area contributed by atoms with Gasteiger partial charge in [-0.15, -0.1) is 0 Å². The summed E-state index contributed by atoms with van der Waals surface area (Å²) in [7, 11) is 0. The van der Waals surface area contributed by atoms with Gasteiger partial charge in [0.15, 0.2) is 0 Å². The summed E-state index contributed by atoms with van der Waals surface area (Å²) in [5, 5.41) is 16.0. The van der Waals surface area contributed by atoms with Crippen LogP contribution in [0.4, 0.5) is 0 Å². The number of carboxylic acid groups (broad SMARTS) is 2. The summed E-state index contributed by atoms with van der Waals surface area (Å²) in [6, 6.07) is 0. The standard InChI is InChI=1S/C5H6O5/c6-3(5(9)10)1-2-4(7)8/h1-2H2,(H,7,8)(H,9,10)/i4+2. The van der Waals surface area contributed by atoms with Gasteiger partial charge in [-0.1, -0.05) is 0 Å². The predicted octanol–water partition coefficient (Wildman–Crippen LogP) is -0.495. The molecule has 0 aliphatic carbocycles. The lowest BCUT2D eigenvalue weighted by molar-refractivity contribution is -0.149. The van der Waals surface area contributed by atoms with Crippen molar-refractivity contribution >= 4 is 17.7 Å². The van der Waals surface area contributed by atoms with Crippen LogP contribution < -0.4 is 0 Å². The molecule has 0 aromatic heterocycles. The SMILES string of the molecule is O=C(O)C(=O)CC[14C](=O)O. The third-order valence-corrected chi connectivity index (χ3v) is 0.804. The first-order valence-electron chi connectivity index (χ1n) is 2.52. The second kappa shape index (κ2) is 3.60. The van der Waals surface area contributed by atoms with Gasteiger partial charge in [0, 0.05) is 6.42 Å². The number of carbonyl (C=O) groups is 3. The Balaban J connectivity index is 3.60. The van der Waals surface area contributed by atoms with Gasteiger partial charge in [-0.25, -0.2) is 4.79 Å². The molecule has 0 aromatic rings. The molecule has 0 bridgehead atoms. The number of carboxylic acids is 2. The zero-order valence-corrected chi connectivity index (χ0v) is 5.03. The van der Waals surface area contributed by atoms with Crippen molar-refractivity contribution in [2.75, 3.05) is 0 Å². The maximum atomic E-state index is 10.2. The molecule has 10 heavy (non-hydrogen) atoms. The molecule has 0 aliphatic heterocycles. The maximum Gasteiger partial charge on any atom is 0.372 e. The van der Waals surface area contributed by atoms with Crippen LogP contribution in [-0.2, 0) is 14.4 Å². The van der Waals surface area contributed by atoms with Crippen molar-refractivity contribution in [2.45, 2.75) is 12.8 Å². The molecule has 0 saturated heterocycles. The van der Waals surface area contributed by atoms with Gasteiger partial charge < -0.3 is 10.2 Å². The Morgan fingerprint density at radius 3 is 2.20 bits per heavy atom. The van der Waals surface area contributed by atoms with Crippen LogP contribution in [0.5, 0.6) is 0 Å². The zero-order chi connectivity index (χ0) is 8.15. The van der Waals surface area contributed by atoms with E-state index in [4.69, 9.17) is 10.2 Å². The van der Waals surface area contributed by atoms with Crippen molar-refractivity contribution in [3.05, 3.63) is 0 Å². The molecule has 0 rings (SSSR count). The maximum absolute atomic E-state index is 10.2.